The van der Waals surface area contributed by atoms with Crippen LogP contribution in [-0.4, -0.2) is 17.7 Å². The Morgan fingerprint density at radius 3 is 2.83 bits per heavy atom. The van der Waals surface area contributed by atoms with Crippen molar-refractivity contribution in [3.63, 3.8) is 0 Å². The number of guanidine groups is 1. The zero-order valence-corrected chi connectivity index (χ0v) is 13.3. The van der Waals surface area contributed by atoms with Crippen LogP contribution in [0, 0.1) is 6.92 Å². The number of rotatable bonds is 5. The van der Waals surface area contributed by atoms with Gasteiger partial charge in [-0.25, -0.2) is 4.99 Å². The van der Waals surface area contributed by atoms with Crippen LogP contribution in [0.2, 0.25) is 0 Å². The summed E-state index contributed by atoms with van der Waals surface area (Å²) in [6, 6.07) is 9.85. The van der Waals surface area contributed by atoms with Gasteiger partial charge in [-0.3, -0.25) is 0 Å². The topological polar surface area (TPSA) is 75.6 Å². The third kappa shape index (κ3) is 3.53. The van der Waals surface area contributed by atoms with Crippen LogP contribution >= 0.6 is 0 Å². The predicted octanol–water partition coefficient (Wildman–Crippen LogP) is 2.98. The van der Waals surface area contributed by atoms with Crippen molar-refractivity contribution < 1.29 is 8.94 Å². The van der Waals surface area contributed by atoms with Crippen molar-refractivity contribution >= 4 is 16.9 Å². The summed E-state index contributed by atoms with van der Waals surface area (Å²) in [5, 5.41) is 11.5. The Kier molecular flexibility index (Phi) is 4.61. The summed E-state index contributed by atoms with van der Waals surface area (Å²) in [5.41, 5.74) is 2.86. The van der Waals surface area contributed by atoms with E-state index in [-0.39, 0.29) is 0 Å². The Morgan fingerprint density at radius 1 is 1.22 bits per heavy atom. The molecule has 0 bridgehead atoms. The highest BCUT2D eigenvalue weighted by Gasteiger charge is 2.10. The van der Waals surface area contributed by atoms with Gasteiger partial charge in [0.15, 0.2) is 5.96 Å². The first-order chi connectivity index (χ1) is 11.3. The molecule has 0 amide bonds. The lowest BCUT2D eigenvalue weighted by Crippen LogP contribution is -2.36. The molecule has 1 aromatic carbocycles. The van der Waals surface area contributed by atoms with Crippen molar-refractivity contribution in [3.8, 4) is 0 Å². The molecule has 0 saturated carbocycles. The summed E-state index contributed by atoms with van der Waals surface area (Å²) < 4.78 is 10.7. The molecule has 6 heteroatoms. The molecule has 0 aliphatic rings. The van der Waals surface area contributed by atoms with Crippen LogP contribution in [0.3, 0.4) is 0 Å². The van der Waals surface area contributed by atoms with E-state index in [1.807, 2.05) is 25.1 Å². The van der Waals surface area contributed by atoms with E-state index >= 15 is 0 Å². The molecule has 0 atom stereocenters. The number of hydrogen-bond acceptors (Lipinski definition) is 4. The average molecular weight is 312 g/mol. The minimum absolute atomic E-state index is 0.463. The third-order valence-electron chi connectivity index (χ3n) is 3.59. The van der Waals surface area contributed by atoms with Crippen LogP contribution < -0.4 is 10.6 Å². The highest BCUT2D eigenvalue weighted by Crippen LogP contribution is 2.24. The SMILES string of the molecule is CCNC(=NCc1ccon1)NCc1oc2ccccc2c1C. The van der Waals surface area contributed by atoms with Crippen LogP contribution in [0.15, 0.2) is 50.5 Å². The summed E-state index contributed by atoms with van der Waals surface area (Å²) in [4.78, 5) is 4.48. The van der Waals surface area contributed by atoms with Crippen LogP contribution in [0.1, 0.15) is 23.9 Å². The summed E-state index contributed by atoms with van der Waals surface area (Å²) >= 11 is 0. The number of furan rings is 1. The summed E-state index contributed by atoms with van der Waals surface area (Å²) in [7, 11) is 0. The zero-order chi connectivity index (χ0) is 16.1. The Morgan fingerprint density at radius 2 is 2.09 bits per heavy atom. The van der Waals surface area contributed by atoms with E-state index in [9.17, 15) is 0 Å². The maximum atomic E-state index is 5.91. The second kappa shape index (κ2) is 7.00. The van der Waals surface area contributed by atoms with Gasteiger partial charge in [-0.2, -0.15) is 0 Å². The molecular weight excluding hydrogens is 292 g/mol. The first-order valence-corrected chi connectivity index (χ1v) is 7.66. The van der Waals surface area contributed by atoms with Crippen molar-refractivity contribution in [1.82, 2.24) is 15.8 Å². The van der Waals surface area contributed by atoms with Gasteiger partial charge in [-0.1, -0.05) is 23.4 Å². The molecule has 3 aromatic rings. The summed E-state index contributed by atoms with van der Waals surface area (Å²) in [6.45, 7) is 5.92. The highest BCUT2D eigenvalue weighted by molar-refractivity contribution is 5.82. The normalized spacial score (nSPS) is 11.8. The largest absolute Gasteiger partial charge is 0.459 e. The minimum Gasteiger partial charge on any atom is -0.459 e. The van der Waals surface area contributed by atoms with E-state index in [1.165, 1.54) is 0 Å². The van der Waals surface area contributed by atoms with Crippen LogP contribution in [0.4, 0.5) is 0 Å². The minimum atomic E-state index is 0.463. The molecule has 0 fully saturated rings. The van der Waals surface area contributed by atoms with Gasteiger partial charge in [0, 0.05) is 23.6 Å². The predicted molar refractivity (Wildman–Crippen MR) is 89.1 cm³/mol. The Balaban J connectivity index is 1.70. The fraction of sp³-hybridized carbons (Fsp3) is 0.294. The van der Waals surface area contributed by atoms with Crippen molar-refractivity contribution in [2.75, 3.05) is 6.54 Å². The van der Waals surface area contributed by atoms with Gasteiger partial charge in [-0.15, -0.1) is 0 Å². The number of aromatic nitrogens is 1. The van der Waals surface area contributed by atoms with Gasteiger partial charge in [0.2, 0.25) is 0 Å². The van der Waals surface area contributed by atoms with Crippen molar-refractivity contribution in [2.24, 2.45) is 4.99 Å². The van der Waals surface area contributed by atoms with Crippen LogP contribution in [0.5, 0.6) is 0 Å². The number of aryl methyl sites for hydroxylation is 1. The average Bonchev–Trinajstić information content (AvgIpc) is 3.19. The zero-order valence-electron chi connectivity index (χ0n) is 13.3. The Labute approximate surface area is 134 Å². The van der Waals surface area contributed by atoms with Gasteiger partial charge in [0.1, 0.15) is 23.3 Å². The van der Waals surface area contributed by atoms with E-state index in [1.54, 1.807) is 12.3 Å². The molecule has 3 rings (SSSR count). The van der Waals surface area contributed by atoms with E-state index in [0.29, 0.717) is 13.1 Å². The summed E-state index contributed by atoms with van der Waals surface area (Å²) in [5.74, 6) is 1.63. The van der Waals surface area contributed by atoms with Crippen LogP contribution in [0.25, 0.3) is 11.0 Å². The van der Waals surface area contributed by atoms with Gasteiger partial charge >= 0.3 is 0 Å². The molecule has 0 aliphatic carbocycles. The lowest BCUT2D eigenvalue weighted by Gasteiger charge is -2.10. The van der Waals surface area contributed by atoms with E-state index in [2.05, 4.69) is 33.8 Å². The Hall–Kier alpha value is -2.76. The number of nitrogens with zero attached hydrogens (tertiary/aromatic N) is 2. The lowest BCUT2D eigenvalue weighted by molar-refractivity contribution is 0.412. The lowest BCUT2D eigenvalue weighted by atomic mass is 10.1. The van der Waals surface area contributed by atoms with E-state index < -0.39 is 0 Å². The molecule has 2 N–H and O–H groups in total. The maximum Gasteiger partial charge on any atom is 0.192 e. The fourth-order valence-corrected chi connectivity index (χ4v) is 2.38. The van der Waals surface area contributed by atoms with Gasteiger partial charge < -0.3 is 19.6 Å². The van der Waals surface area contributed by atoms with Crippen molar-refractivity contribution in [1.29, 1.82) is 0 Å². The number of hydrogen-bond donors (Lipinski definition) is 2. The van der Waals surface area contributed by atoms with E-state index in [0.717, 1.165) is 40.5 Å². The molecule has 0 saturated heterocycles. The Bertz CT molecular complexity index is 790. The van der Waals surface area contributed by atoms with Crippen molar-refractivity contribution in [3.05, 3.63) is 53.6 Å². The van der Waals surface area contributed by atoms with Gasteiger partial charge in [-0.05, 0) is 19.9 Å². The fourth-order valence-electron chi connectivity index (χ4n) is 2.38. The molecule has 2 aromatic heterocycles. The molecule has 0 aliphatic heterocycles. The highest BCUT2D eigenvalue weighted by atomic mass is 16.5. The third-order valence-corrected chi connectivity index (χ3v) is 3.59. The number of nitrogens with one attached hydrogen (secondary N) is 2. The molecule has 0 unspecified atom stereocenters. The monoisotopic (exact) mass is 312 g/mol. The van der Waals surface area contributed by atoms with Crippen molar-refractivity contribution in [2.45, 2.75) is 26.9 Å². The van der Waals surface area contributed by atoms with Crippen LogP contribution in [-0.2, 0) is 13.1 Å². The van der Waals surface area contributed by atoms with Gasteiger partial charge in [0.05, 0.1) is 13.1 Å². The quantitative estimate of drug-likeness (QED) is 0.559. The molecule has 120 valence electrons. The first-order valence-electron chi connectivity index (χ1n) is 7.66. The number of benzene rings is 1. The second-order valence-corrected chi connectivity index (χ2v) is 5.19. The number of aliphatic imine (C=N–C) groups is 1. The number of para-hydroxylation sites is 1. The molecular formula is C17H20N4O2. The smallest absolute Gasteiger partial charge is 0.192 e. The number of fused-ring (bicyclic) bond motifs is 1. The molecule has 2 heterocycles. The molecule has 6 nitrogen and oxygen atoms in total. The first kappa shape index (κ1) is 15.1. The molecule has 0 spiro atoms. The van der Waals surface area contributed by atoms with E-state index in [4.69, 9.17) is 8.94 Å². The second-order valence-electron chi connectivity index (χ2n) is 5.19. The maximum absolute atomic E-state index is 5.91. The molecule has 23 heavy (non-hydrogen) atoms. The standard InChI is InChI=1S/C17H20N4O2/c1-3-18-17(19-10-13-8-9-22-21-13)20-11-16-12(2)14-6-4-5-7-15(14)23-16/h4-9H,3,10-11H2,1-2H3,(H2,18,19,20). The van der Waals surface area contributed by atoms with Gasteiger partial charge in [0.25, 0.3) is 0 Å². The summed E-state index contributed by atoms with van der Waals surface area (Å²) in [6.07, 6.45) is 1.54. The molecule has 0 radical (unpaired) electrons.